The van der Waals surface area contributed by atoms with Crippen molar-refractivity contribution in [3.63, 3.8) is 0 Å². The van der Waals surface area contributed by atoms with E-state index < -0.39 is 59.7 Å². The Morgan fingerprint density at radius 2 is 1.55 bits per heavy atom. The van der Waals surface area contributed by atoms with Crippen molar-refractivity contribution in [2.45, 2.75) is 139 Å². The highest BCUT2D eigenvalue weighted by Crippen LogP contribution is 2.72. The summed E-state index contributed by atoms with van der Waals surface area (Å²) in [4.78, 5) is 0. The average Bonchev–Trinajstić information content (AvgIpc) is 3.40. The van der Waals surface area contributed by atoms with E-state index in [1.807, 2.05) is 6.92 Å². The predicted molar refractivity (Wildman–Crippen MR) is 149 cm³/mol. The van der Waals surface area contributed by atoms with Crippen molar-refractivity contribution in [1.82, 2.24) is 0 Å². The molecular formula is C32H52O10. The average molecular weight is 597 g/mol. The van der Waals surface area contributed by atoms with Gasteiger partial charge in [0.05, 0.1) is 31.5 Å². The highest BCUT2D eigenvalue weighted by Gasteiger charge is 2.74. The molecule has 3 heterocycles. The van der Waals surface area contributed by atoms with Crippen LogP contribution < -0.4 is 0 Å². The van der Waals surface area contributed by atoms with E-state index in [-0.39, 0.29) is 36.4 Å². The maximum Gasteiger partial charge on any atom is 0.187 e. The Labute approximate surface area is 248 Å². The molecule has 1 spiro atoms. The fraction of sp³-hybridized carbons (Fsp3) is 1.00. The van der Waals surface area contributed by atoms with Crippen LogP contribution in [0, 0.1) is 46.3 Å². The van der Waals surface area contributed by atoms with Gasteiger partial charge in [-0.25, -0.2) is 0 Å². The van der Waals surface area contributed by atoms with Gasteiger partial charge < -0.3 is 49.6 Å². The van der Waals surface area contributed by atoms with E-state index in [2.05, 4.69) is 20.8 Å². The summed E-state index contributed by atoms with van der Waals surface area (Å²) in [5, 5.41) is 65.4. The lowest BCUT2D eigenvalue weighted by Gasteiger charge is -2.68. The molecule has 3 saturated heterocycles. The molecule has 4 saturated carbocycles. The second-order valence-electron chi connectivity index (χ2n) is 15.7. The van der Waals surface area contributed by atoms with Gasteiger partial charge in [0.2, 0.25) is 0 Å². The molecule has 7 aliphatic rings. The van der Waals surface area contributed by atoms with Crippen LogP contribution >= 0.6 is 0 Å². The molecule has 240 valence electrons. The largest absolute Gasteiger partial charge is 0.392 e. The molecular weight excluding hydrogens is 544 g/mol. The van der Waals surface area contributed by atoms with Crippen LogP contribution in [0.3, 0.4) is 0 Å². The lowest BCUT2D eigenvalue weighted by molar-refractivity contribution is -0.379. The maximum atomic E-state index is 11.8. The summed E-state index contributed by atoms with van der Waals surface area (Å²) in [5.74, 6) is 1.44. The van der Waals surface area contributed by atoms with E-state index >= 15 is 0 Å². The zero-order valence-electron chi connectivity index (χ0n) is 25.5. The second kappa shape index (κ2) is 10.0. The van der Waals surface area contributed by atoms with Gasteiger partial charge in [-0.1, -0.05) is 27.7 Å². The Bertz CT molecular complexity index is 1030. The number of fused-ring (bicyclic) bond motifs is 7. The van der Waals surface area contributed by atoms with Gasteiger partial charge >= 0.3 is 0 Å². The Morgan fingerprint density at radius 3 is 2.26 bits per heavy atom. The molecule has 18 unspecified atom stereocenters. The van der Waals surface area contributed by atoms with Gasteiger partial charge in [-0.15, -0.1) is 0 Å². The number of aliphatic hydroxyl groups is 6. The van der Waals surface area contributed by atoms with Crippen LogP contribution in [0.15, 0.2) is 0 Å². The molecule has 4 aliphatic carbocycles. The minimum Gasteiger partial charge on any atom is -0.392 e. The van der Waals surface area contributed by atoms with Crippen LogP contribution in [0.1, 0.15) is 79.1 Å². The number of hydrogen-bond acceptors (Lipinski definition) is 10. The standard InChI is InChI=1S/C32H52O10/c1-15-5-10-32(40-13-15)16(2)24-22(41-32)11-19-17-6-9-31(42-28-26(37)25(36)21(34)14-39-28)27(38)20(33)12-23(35)30(31,4)18(17)7-8-29(19,24)3/h15-28,33-38H,5-14H2,1-4H3. The lowest BCUT2D eigenvalue weighted by atomic mass is 9.41. The number of aliphatic hydroxyl groups excluding tert-OH is 6. The van der Waals surface area contributed by atoms with E-state index in [0.29, 0.717) is 30.1 Å². The van der Waals surface area contributed by atoms with Gasteiger partial charge in [0.25, 0.3) is 0 Å². The van der Waals surface area contributed by atoms with Crippen molar-refractivity contribution in [3.05, 3.63) is 0 Å². The minimum atomic E-state index is -1.53. The molecule has 3 aliphatic heterocycles. The van der Waals surface area contributed by atoms with Crippen LogP contribution in [0.2, 0.25) is 0 Å². The van der Waals surface area contributed by atoms with Crippen molar-refractivity contribution in [1.29, 1.82) is 0 Å². The molecule has 18 atom stereocenters. The molecule has 0 amide bonds. The first-order valence-corrected chi connectivity index (χ1v) is 16.5. The molecule has 10 heteroatoms. The molecule has 42 heavy (non-hydrogen) atoms. The normalized spacial score (nSPS) is 62.7. The van der Waals surface area contributed by atoms with Crippen molar-refractivity contribution in [3.8, 4) is 0 Å². The van der Waals surface area contributed by atoms with Crippen LogP contribution in [0.4, 0.5) is 0 Å². The molecule has 6 N–H and O–H groups in total. The zero-order chi connectivity index (χ0) is 30.0. The Hall–Kier alpha value is -0.400. The van der Waals surface area contributed by atoms with E-state index in [1.165, 1.54) is 0 Å². The third kappa shape index (κ3) is 3.86. The van der Waals surface area contributed by atoms with Crippen LogP contribution in [0.5, 0.6) is 0 Å². The van der Waals surface area contributed by atoms with Gasteiger partial charge in [-0.2, -0.15) is 0 Å². The fourth-order valence-electron chi connectivity index (χ4n) is 11.7. The van der Waals surface area contributed by atoms with E-state index in [9.17, 15) is 30.6 Å². The summed E-state index contributed by atoms with van der Waals surface area (Å²) < 4.78 is 25.5. The Balaban J connectivity index is 1.19. The summed E-state index contributed by atoms with van der Waals surface area (Å²) in [5.41, 5.74) is -2.27. The second-order valence-corrected chi connectivity index (χ2v) is 15.7. The third-order valence-electron chi connectivity index (χ3n) is 14.0. The molecule has 0 radical (unpaired) electrons. The van der Waals surface area contributed by atoms with E-state index in [1.54, 1.807) is 0 Å². The number of ether oxygens (including phenoxy) is 4. The van der Waals surface area contributed by atoms with Crippen molar-refractivity contribution < 1.29 is 49.6 Å². The molecule has 0 aromatic carbocycles. The van der Waals surface area contributed by atoms with Gasteiger partial charge in [0.15, 0.2) is 12.1 Å². The predicted octanol–water partition coefficient (Wildman–Crippen LogP) is 1.31. The highest BCUT2D eigenvalue weighted by molar-refractivity contribution is 5.22. The zero-order valence-corrected chi connectivity index (χ0v) is 25.5. The molecule has 10 nitrogen and oxygen atoms in total. The topological polar surface area (TPSA) is 158 Å². The van der Waals surface area contributed by atoms with Gasteiger partial charge in [-0.05, 0) is 73.5 Å². The summed E-state index contributed by atoms with van der Waals surface area (Å²) in [6, 6.07) is 0. The Morgan fingerprint density at radius 1 is 0.786 bits per heavy atom. The first kappa shape index (κ1) is 30.3. The van der Waals surface area contributed by atoms with Gasteiger partial charge in [-0.3, -0.25) is 0 Å². The van der Waals surface area contributed by atoms with Crippen LogP contribution in [0.25, 0.3) is 0 Å². The van der Waals surface area contributed by atoms with Crippen LogP contribution in [-0.4, -0.2) is 104 Å². The summed E-state index contributed by atoms with van der Waals surface area (Å²) in [7, 11) is 0. The van der Waals surface area contributed by atoms with Gasteiger partial charge in [0.1, 0.15) is 30.0 Å². The molecule has 0 bridgehead atoms. The van der Waals surface area contributed by atoms with Crippen molar-refractivity contribution in [2.24, 2.45) is 46.3 Å². The SMILES string of the molecule is CC1CCC2(OC1)OC1CC3C4CCC5(OC6OCC(O)C(O)C6O)C(O)C(O)CC(O)C5(C)C4CCC3(C)C1C2C. The van der Waals surface area contributed by atoms with Crippen LogP contribution in [-0.2, 0) is 18.9 Å². The minimum absolute atomic E-state index is 0.00703. The first-order valence-electron chi connectivity index (χ1n) is 16.5. The summed E-state index contributed by atoms with van der Waals surface area (Å²) in [6.07, 6.45) is -2.92. The quantitative estimate of drug-likeness (QED) is 0.257. The molecule has 0 aromatic heterocycles. The number of hydrogen-bond donors (Lipinski definition) is 6. The molecule has 7 rings (SSSR count). The number of rotatable bonds is 2. The first-order chi connectivity index (χ1) is 19.8. The lowest BCUT2D eigenvalue weighted by Crippen LogP contribution is -2.75. The molecule has 0 aromatic rings. The summed E-state index contributed by atoms with van der Waals surface area (Å²) in [6.45, 7) is 9.50. The highest BCUT2D eigenvalue weighted by atomic mass is 16.7. The monoisotopic (exact) mass is 596 g/mol. The van der Waals surface area contributed by atoms with Crippen molar-refractivity contribution in [2.75, 3.05) is 13.2 Å². The van der Waals surface area contributed by atoms with E-state index in [4.69, 9.17) is 18.9 Å². The van der Waals surface area contributed by atoms with E-state index in [0.717, 1.165) is 45.1 Å². The summed E-state index contributed by atoms with van der Waals surface area (Å²) >= 11 is 0. The molecule has 7 fully saturated rings. The van der Waals surface area contributed by atoms with Crippen molar-refractivity contribution >= 4 is 0 Å². The smallest absolute Gasteiger partial charge is 0.187 e. The fourth-order valence-corrected chi connectivity index (χ4v) is 11.7. The Kier molecular flexibility index (Phi) is 7.24. The van der Waals surface area contributed by atoms with Gasteiger partial charge in [0, 0.05) is 24.2 Å². The third-order valence-corrected chi connectivity index (χ3v) is 14.0. The maximum absolute atomic E-state index is 11.8.